The third-order valence-electron chi connectivity index (χ3n) is 10.0. The van der Waals surface area contributed by atoms with E-state index < -0.39 is 11.4 Å². The first kappa shape index (κ1) is 39.1. The molecule has 2 atom stereocenters. The molecule has 52 heavy (non-hydrogen) atoms. The fourth-order valence-electron chi connectivity index (χ4n) is 7.42. The van der Waals surface area contributed by atoms with Crippen molar-refractivity contribution in [2.45, 2.75) is 117 Å². The molecule has 2 aliphatic rings. The average molecular weight is 784 g/mol. The van der Waals surface area contributed by atoms with Crippen molar-refractivity contribution in [2.24, 2.45) is 0 Å². The van der Waals surface area contributed by atoms with E-state index in [0.29, 0.717) is 61.9 Å². The third kappa shape index (κ3) is 8.92. The Morgan fingerprint density at radius 2 is 1.35 bits per heavy atom. The Hall–Kier alpha value is -4.08. The van der Waals surface area contributed by atoms with Gasteiger partial charge in [-0.15, -0.1) is 0 Å². The van der Waals surface area contributed by atoms with Crippen molar-refractivity contribution < 1.29 is 9.13 Å². The first-order chi connectivity index (χ1) is 25.1. The molecule has 1 aromatic carbocycles. The standard InChI is InChI=1S/C28H34FN5O3.C9H14BrN3O2/c1-3-32-19(2)31-27(35)34(28(32)36)15-5-14-33-21-8-9-22(33)17-23(16-21)37-18-25-24(6-4-7-26(25)29)20-10-12-30-13-11-20;1-3-12-7(2)11-8(14)13(9(12)15)6-4-5-10/h4,6-7,10-13,21-23H,3,5,8-9,14-18H2,1-2H3;3-6H2,1-2H3. The Bertz CT molecular complexity index is 2050. The number of hydrogen-bond donors (Lipinski definition) is 0. The van der Waals surface area contributed by atoms with Crippen molar-refractivity contribution in [3.8, 4) is 11.1 Å². The summed E-state index contributed by atoms with van der Waals surface area (Å²) >= 11 is 3.26. The lowest BCUT2D eigenvalue weighted by Crippen LogP contribution is -2.47. The van der Waals surface area contributed by atoms with E-state index in [-0.39, 0.29) is 29.9 Å². The van der Waals surface area contributed by atoms with Gasteiger partial charge in [0.2, 0.25) is 0 Å². The number of ether oxygens (including phenoxy) is 1. The fraction of sp³-hybridized carbons (Fsp3) is 0.541. The van der Waals surface area contributed by atoms with Crippen molar-refractivity contribution in [2.75, 3.05) is 11.9 Å². The molecule has 0 aliphatic carbocycles. The van der Waals surface area contributed by atoms with Crippen molar-refractivity contribution in [3.05, 3.63) is 108 Å². The van der Waals surface area contributed by atoms with Gasteiger partial charge >= 0.3 is 22.8 Å². The molecule has 0 saturated carbocycles. The number of hydrogen-bond acceptors (Lipinski definition) is 9. The molecule has 5 heterocycles. The second-order valence-electron chi connectivity index (χ2n) is 13.2. The molecular formula is C37H48BrFN8O5. The third-order valence-corrected chi connectivity index (χ3v) is 10.6. The van der Waals surface area contributed by atoms with E-state index >= 15 is 0 Å². The lowest BCUT2D eigenvalue weighted by atomic mass is 9.98. The first-order valence-corrected chi connectivity index (χ1v) is 19.2. The highest BCUT2D eigenvalue weighted by Crippen LogP contribution is 2.37. The van der Waals surface area contributed by atoms with Crippen LogP contribution < -0.4 is 22.8 Å². The van der Waals surface area contributed by atoms with Crippen LogP contribution in [0.25, 0.3) is 11.1 Å². The van der Waals surface area contributed by atoms with Crippen LogP contribution in [0.1, 0.15) is 69.6 Å². The Morgan fingerprint density at radius 3 is 1.88 bits per heavy atom. The second-order valence-corrected chi connectivity index (χ2v) is 14.0. The maximum Gasteiger partial charge on any atom is 0.353 e. The Balaban J connectivity index is 0.000000293. The van der Waals surface area contributed by atoms with Crippen LogP contribution in [0.15, 0.2) is 61.9 Å². The van der Waals surface area contributed by atoms with Gasteiger partial charge in [-0.2, -0.15) is 9.97 Å². The van der Waals surface area contributed by atoms with Crippen molar-refractivity contribution in [3.63, 3.8) is 0 Å². The van der Waals surface area contributed by atoms with Gasteiger partial charge in [0.15, 0.2) is 0 Å². The average Bonchev–Trinajstić information content (AvgIpc) is 3.35. The molecule has 2 unspecified atom stereocenters. The first-order valence-electron chi connectivity index (χ1n) is 18.0. The van der Waals surface area contributed by atoms with Gasteiger partial charge in [0.05, 0.1) is 12.7 Å². The molecule has 2 saturated heterocycles. The number of aryl methyl sites for hydroxylation is 2. The van der Waals surface area contributed by atoms with E-state index in [0.717, 1.165) is 55.1 Å². The van der Waals surface area contributed by atoms with E-state index in [4.69, 9.17) is 4.74 Å². The molecule has 0 amide bonds. The van der Waals surface area contributed by atoms with Gasteiger partial charge in [-0.05, 0) is 95.5 Å². The van der Waals surface area contributed by atoms with E-state index in [1.54, 1.807) is 32.3 Å². The summed E-state index contributed by atoms with van der Waals surface area (Å²) in [6.45, 7) is 9.96. The van der Waals surface area contributed by atoms with Crippen LogP contribution in [0.4, 0.5) is 4.39 Å². The number of nitrogens with zero attached hydrogens (tertiary/aromatic N) is 8. The summed E-state index contributed by atoms with van der Waals surface area (Å²) < 4.78 is 26.5. The lowest BCUT2D eigenvalue weighted by Gasteiger charge is -2.39. The van der Waals surface area contributed by atoms with Gasteiger partial charge in [-0.25, -0.2) is 32.7 Å². The number of rotatable bonds is 13. The van der Waals surface area contributed by atoms with Gasteiger partial charge < -0.3 is 4.74 Å². The Labute approximate surface area is 310 Å². The number of fused-ring (bicyclic) bond motifs is 2. The molecule has 15 heteroatoms. The minimum atomic E-state index is -0.471. The van der Waals surface area contributed by atoms with E-state index in [2.05, 4.69) is 35.8 Å². The van der Waals surface area contributed by atoms with Crippen LogP contribution in [0.5, 0.6) is 0 Å². The number of halogens is 2. The molecule has 2 aliphatic heterocycles. The van der Waals surface area contributed by atoms with Gasteiger partial charge in [0.25, 0.3) is 0 Å². The summed E-state index contributed by atoms with van der Waals surface area (Å²) in [5, 5.41) is 0.763. The minimum Gasteiger partial charge on any atom is -0.373 e. The highest BCUT2D eigenvalue weighted by atomic mass is 79.9. The normalized spacial score (nSPS) is 18.3. The molecule has 6 rings (SSSR count). The molecule has 0 spiro atoms. The van der Waals surface area contributed by atoms with Crippen molar-refractivity contribution in [1.82, 2.24) is 38.1 Å². The number of benzene rings is 1. The summed E-state index contributed by atoms with van der Waals surface area (Å²) in [6, 6.07) is 9.72. The maximum atomic E-state index is 14.8. The van der Waals surface area contributed by atoms with E-state index in [1.807, 2.05) is 32.0 Å². The van der Waals surface area contributed by atoms with Crippen LogP contribution in [0.3, 0.4) is 0 Å². The molecule has 2 bridgehead atoms. The molecule has 3 aromatic heterocycles. The zero-order chi connectivity index (χ0) is 37.4. The van der Waals surface area contributed by atoms with Gasteiger partial charge in [-0.3, -0.25) is 19.0 Å². The molecule has 280 valence electrons. The van der Waals surface area contributed by atoms with Crippen LogP contribution in [-0.2, 0) is 37.5 Å². The van der Waals surface area contributed by atoms with Crippen LogP contribution >= 0.6 is 15.9 Å². The van der Waals surface area contributed by atoms with E-state index in [9.17, 15) is 23.6 Å². The highest BCUT2D eigenvalue weighted by Gasteiger charge is 2.40. The van der Waals surface area contributed by atoms with Crippen LogP contribution in [0.2, 0.25) is 0 Å². The largest absolute Gasteiger partial charge is 0.373 e. The zero-order valence-corrected chi connectivity index (χ0v) is 31.9. The Morgan fingerprint density at radius 1 is 0.788 bits per heavy atom. The highest BCUT2D eigenvalue weighted by molar-refractivity contribution is 9.09. The monoisotopic (exact) mass is 782 g/mol. The molecule has 2 fully saturated rings. The van der Waals surface area contributed by atoms with Crippen LogP contribution in [-0.4, -0.2) is 68.2 Å². The number of aromatic nitrogens is 7. The SMILES string of the molecule is CCn1c(C)nc(=O)n(CCCBr)c1=O.CCn1c(C)nc(=O)n(CCCN2C3CCC2CC(OCc2c(F)cccc2-c2ccncc2)C3)c1=O. The summed E-state index contributed by atoms with van der Waals surface area (Å²) in [5.74, 6) is 0.678. The van der Waals surface area contributed by atoms with Gasteiger partial charge in [0.1, 0.15) is 17.5 Å². The summed E-state index contributed by atoms with van der Waals surface area (Å²) in [7, 11) is 0. The smallest absolute Gasteiger partial charge is 0.353 e. The number of alkyl halides is 1. The van der Waals surface area contributed by atoms with E-state index in [1.165, 1.54) is 24.3 Å². The lowest BCUT2D eigenvalue weighted by molar-refractivity contribution is -0.0292. The second kappa shape index (κ2) is 18.1. The minimum absolute atomic E-state index is 0.0827. The predicted octanol–water partition coefficient (Wildman–Crippen LogP) is 4.06. The quantitative estimate of drug-likeness (QED) is 0.184. The van der Waals surface area contributed by atoms with Crippen molar-refractivity contribution >= 4 is 15.9 Å². The fourth-order valence-corrected chi connectivity index (χ4v) is 7.67. The Kier molecular flexibility index (Phi) is 13.6. The number of piperidine rings is 1. The summed E-state index contributed by atoms with van der Waals surface area (Å²) in [5.41, 5.74) is 0.871. The molecule has 4 aromatic rings. The van der Waals surface area contributed by atoms with Crippen molar-refractivity contribution in [1.29, 1.82) is 0 Å². The molecular weight excluding hydrogens is 735 g/mol. The molecule has 13 nitrogen and oxygen atoms in total. The zero-order valence-electron chi connectivity index (χ0n) is 30.3. The summed E-state index contributed by atoms with van der Waals surface area (Å²) in [6.07, 6.45) is 9.00. The number of pyridine rings is 1. The topological polar surface area (TPSA) is 139 Å². The molecule has 0 radical (unpaired) electrons. The maximum absolute atomic E-state index is 14.8. The van der Waals surface area contributed by atoms with Gasteiger partial charge in [-0.1, -0.05) is 28.1 Å². The molecule has 0 N–H and O–H groups in total. The van der Waals surface area contributed by atoms with Crippen LogP contribution in [0, 0.1) is 19.7 Å². The van der Waals surface area contributed by atoms with Gasteiger partial charge in [0, 0.05) is 68.1 Å². The summed E-state index contributed by atoms with van der Waals surface area (Å²) in [4.78, 5) is 62.6. The predicted molar refractivity (Wildman–Crippen MR) is 200 cm³/mol.